The van der Waals surface area contributed by atoms with E-state index in [1.807, 2.05) is 6.92 Å². The number of benzene rings is 1. The van der Waals surface area contributed by atoms with Crippen LogP contribution in [0.25, 0.3) is 10.8 Å². The van der Waals surface area contributed by atoms with Gasteiger partial charge in [-0.2, -0.15) is 13.2 Å². The molecule has 3 rings (SSSR count). The molecule has 1 atom stereocenters. The highest BCUT2D eigenvalue weighted by Crippen LogP contribution is 2.43. The number of hydrogen-bond donors (Lipinski definition) is 2. The van der Waals surface area contributed by atoms with Gasteiger partial charge >= 0.3 is 6.18 Å². The Morgan fingerprint density at radius 3 is 2.79 bits per heavy atom. The third-order valence-electron chi connectivity index (χ3n) is 3.60. The number of nitrogens with zero attached hydrogens (tertiary/aromatic N) is 1. The second-order valence-corrected chi connectivity index (χ2v) is 4.85. The Labute approximate surface area is 107 Å². The molecule has 0 bridgehead atoms. The molecule has 102 valence electrons. The van der Waals surface area contributed by atoms with E-state index >= 15 is 0 Å². The summed E-state index contributed by atoms with van der Waals surface area (Å²) < 4.78 is 40.7. The molecule has 0 aliphatic carbocycles. The van der Waals surface area contributed by atoms with E-state index in [-0.39, 0.29) is 17.3 Å². The monoisotopic (exact) mass is 270 g/mol. The van der Waals surface area contributed by atoms with E-state index in [2.05, 4.69) is 5.32 Å². The first-order chi connectivity index (χ1) is 8.91. The molecule has 0 unspecified atom stereocenters. The highest BCUT2D eigenvalue weighted by atomic mass is 19.4. The lowest BCUT2D eigenvalue weighted by atomic mass is 10.1. The summed E-state index contributed by atoms with van der Waals surface area (Å²) in [5.74, 6) is -0.285. The Balaban J connectivity index is 2.40. The average molecular weight is 270 g/mol. The van der Waals surface area contributed by atoms with Gasteiger partial charge in [0.1, 0.15) is 0 Å². The first kappa shape index (κ1) is 12.3. The molecule has 1 aromatic heterocycles. The van der Waals surface area contributed by atoms with Gasteiger partial charge in [0.25, 0.3) is 0 Å². The predicted molar refractivity (Wildman–Crippen MR) is 65.0 cm³/mol. The third-order valence-corrected chi connectivity index (χ3v) is 3.60. The fraction of sp³-hybridized carbons (Fsp3) is 0.385. The molecule has 1 aliphatic heterocycles. The lowest BCUT2D eigenvalue weighted by Gasteiger charge is -2.24. The Morgan fingerprint density at radius 2 is 2.11 bits per heavy atom. The summed E-state index contributed by atoms with van der Waals surface area (Å²) in [6.45, 7) is 2.95. The van der Waals surface area contributed by atoms with Gasteiger partial charge in [-0.15, -0.1) is 0 Å². The molecule has 2 N–H and O–H groups in total. The van der Waals surface area contributed by atoms with Crippen LogP contribution in [-0.4, -0.2) is 16.2 Å². The lowest BCUT2D eigenvalue weighted by molar-refractivity contribution is -0.136. The van der Waals surface area contributed by atoms with Crippen molar-refractivity contribution in [3.63, 3.8) is 0 Å². The Bertz CT molecular complexity index is 645. The molecule has 1 aliphatic rings. The Hall–Kier alpha value is -1.69. The second-order valence-electron chi connectivity index (χ2n) is 4.85. The van der Waals surface area contributed by atoms with Crippen molar-refractivity contribution in [2.24, 2.45) is 0 Å². The summed E-state index contributed by atoms with van der Waals surface area (Å²) in [5.41, 5.74) is -0.0750. The molecule has 6 heteroatoms. The number of hydrogen-bond acceptors (Lipinski definition) is 2. The van der Waals surface area contributed by atoms with Crippen LogP contribution in [0.4, 0.5) is 13.2 Å². The zero-order chi connectivity index (χ0) is 13.8. The minimum absolute atomic E-state index is 0.0720. The molecule has 2 aromatic rings. The summed E-state index contributed by atoms with van der Waals surface area (Å²) in [4.78, 5) is 0. The van der Waals surface area contributed by atoms with Gasteiger partial charge in [0, 0.05) is 30.2 Å². The Kier molecular flexibility index (Phi) is 2.53. The number of fused-ring (bicyclic) bond motifs is 3. The molecule has 0 radical (unpaired) electrons. The second kappa shape index (κ2) is 3.90. The van der Waals surface area contributed by atoms with Gasteiger partial charge in [0.15, 0.2) is 5.88 Å². The van der Waals surface area contributed by atoms with Crippen molar-refractivity contribution < 1.29 is 18.3 Å². The van der Waals surface area contributed by atoms with Gasteiger partial charge in [-0.25, -0.2) is 0 Å². The van der Waals surface area contributed by atoms with E-state index in [1.54, 1.807) is 10.6 Å². The first-order valence-electron chi connectivity index (χ1n) is 6.04. The van der Waals surface area contributed by atoms with Gasteiger partial charge in [0.2, 0.25) is 0 Å². The van der Waals surface area contributed by atoms with Crippen LogP contribution in [0, 0.1) is 0 Å². The largest absolute Gasteiger partial charge is 0.494 e. The summed E-state index contributed by atoms with van der Waals surface area (Å²) in [6, 6.07) is 3.93. The van der Waals surface area contributed by atoms with Gasteiger partial charge in [-0.05, 0) is 13.0 Å². The number of nitrogens with one attached hydrogen (secondary N) is 1. The van der Waals surface area contributed by atoms with Crippen LogP contribution in [-0.2, 0) is 12.7 Å². The highest BCUT2D eigenvalue weighted by Gasteiger charge is 2.36. The molecule has 1 aromatic carbocycles. The summed E-state index contributed by atoms with van der Waals surface area (Å²) in [5, 5.41) is 13.7. The Morgan fingerprint density at radius 1 is 1.37 bits per heavy atom. The fourth-order valence-corrected chi connectivity index (χ4v) is 2.79. The van der Waals surface area contributed by atoms with Crippen molar-refractivity contribution in [2.75, 3.05) is 6.54 Å². The zero-order valence-electron chi connectivity index (χ0n) is 10.3. The number of alkyl halides is 3. The molecule has 0 spiro atoms. The standard InChI is InChI=1S/C13H13F3N2O/c1-7-5-17-6-10-8-3-2-4-9(13(14,15)16)11(8)12(19)18(7)10/h2-4,7,17,19H,5-6H2,1H3/t7-/m1/s1. The van der Waals surface area contributed by atoms with Crippen LogP contribution >= 0.6 is 0 Å². The van der Waals surface area contributed by atoms with Crippen LogP contribution < -0.4 is 5.32 Å². The van der Waals surface area contributed by atoms with Crippen LogP contribution in [0.5, 0.6) is 5.88 Å². The number of aromatic hydroxyl groups is 1. The van der Waals surface area contributed by atoms with E-state index in [0.717, 1.165) is 6.07 Å². The van der Waals surface area contributed by atoms with E-state index in [9.17, 15) is 18.3 Å². The van der Waals surface area contributed by atoms with Crippen molar-refractivity contribution >= 4 is 10.8 Å². The molecule has 0 fully saturated rings. The van der Waals surface area contributed by atoms with Crippen LogP contribution in [0.2, 0.25) is 0 Å². The van der Waals surface area contributed by atoms with Crippen molar-refractivity contribution in [3.8, 4) is 5.88 Å². The summed E-state index contributed by atoms with van der Waals surface area (Å²) >= 11 is 0. The maximum absolute atomic E-state index is 13.0. The maximum atomic E-state index is 13.0. The summed E-state index contributed by atoms with van der Waals surface area (Å²) in [7, 11) is 0. The molecule has 0 saturated heterocycles. The minimum Gasteiger partial charge on any atom is -0.494 e. The van der Waals surface area contributed by atoms with Crippen LogP contribution in [0.3, 0.4) is 0 Å². The van der Waals surface area contributed by atoms with Gasteiger partial charge in [-0.3, -0.25) is 0 Å². The molecular formula is C13H13F3N2O. The first-order valence-corrected chi connectivity index (χ1v) is 6.04. The van der Waals surface area contributed by atoms with Crippen LogP contribution in [0.15, 0.2) is 18.2 Å². The molecule has 0 amide bonds. The summed E-state index contributed by atoms with van der Waals surface area (Å²) in [6.07, 6.45) is -4.47. The lowest BCUT2D eigenvalue weighted by Crippen LogP contribution is -2.30. The number of rotatable bonds is 0. The van der Waals surface area contributed by atoms with Gasteiger partial charge in [0.05, 0.1) is 10.9 Å². The smallest absolute Gasteiger partial charge is 0.417 e. The predicted octanol–water partition coefficient (Wildman–Crippen LogP) is 3.03. The van der Waals surface area contributed by atoms with Gasteiger partial charge in [-0.1, -0.05) is 12.1 Å². The minimum atomic E-state index is -4.47. The average Bonchev–Trinajstić information content (AvgIpc) is 2.64. The normalized spacial score (nSPS) is 19.7. The SMILES string of the molecule is C[C@@H]1CNCc2c3cccc(C(F)(F)F)c3c(O)n21. The topological polar surface area (TPSA) is 37.2 Å². The number of halogens is 3. The molecule has 0 saturated carbocycles. The quantitative estimate of drug-likeness (QED) is 0.772. The van der Waals surface area contributed by atoms with Crippen molar-refractivity contribution in [1.29, 1.82) is 0 Å². The third kappa shape index (κ3) is 1.70. The van der Waals surface area contributed by atoms with Crippen molar-refractivity contribution in [3.05, 3.63) is 29.5 Å². The molecule has 19 heavy (non-hydrogen) atoms. The molecule has 3 nitrogen and oxygen atoms in total. The van der Waals surface area contributed by atoms with E-state index in [0.29, 0.717) is 24.2 Å². The van der Waals surface area contributed by atoms with Crippen molar-refractivity contribution in [1.82, 2.24) is 9.88 Å². The van der Waals surface area contributed by atoms with Gasteiger partial charge < -0.3 is 15.0 Å². The van der Waals surface area contributed by atoms with E-state index in [4.69, 9.17) is 0 Å². The van der Waals surface area contributed by atoms with E-state index in [1.165, 1.54) is 6.07 Å². The maximum Gasteiger partial charge on any atom is 0.417 e. The highest BCUT2D eigenvalue weighted by molar-refractivity contribution is 5.94. The zero-order valence-corrected chi connectivity index (χ0v) is 10.3. The molecular weight excluding hydrogens is 257 g/mol. The van der Waals surface area contributed by atoms with E-state index < -0.39 is 11.7 Å². The number of aromatic nitrogens is 1. The van der Waals surface area contributed by atoms with Crippen molar-refractivity contribution in [2.45, 2.75) is 25.7 Å². The molecule has 2 heterocycles. The fourth-order valence-electron chi connectivity index (χ4n) is 2.79. The van der Waals surface area contributed by atoms with Crippen LogP contribution in [0.1, 0.15) is 24.2 Å².